The first-order chi connectivity index (χ1) is 11.5. The lowest BCUT2D eigenvalue weighted by molar-refractivity contribution is 0.0745. The number of likely N-dealkylation sites (tertiary alicyclic amines) is 1. The molecule has 1 aliphatic rings. The van der Waals surface area contributed by atoms with Crippen LogP contribution in [0.2, 0.25) is 0 Å². The Balaban J connectivity index is 1.66. The maximum absolute atomic E-state index is 13.9. The van der Waals surface area contributed by atoms with Crippen molar-refractivity contribution in [2.24, 2.45) is 0 Å². The van der Waals surface area contributed by atoms with Crippen LogP contribution in [0, 0.1) is 5.82 Å². The summed E-state index contributed by atoms with van der Waals surface area (Å²) in [5.41, 5.74) is -0.00731. The van der Waals surface area contributed by atoms with Gasteiger partial charge >= 0.3 is 0 Å². The normalized spacial score (nSPS) is 21.1. The number of amides is 1. The summed E-state index contributed by atoms with van der Waals surface area (Å²) in [5.74, 6) is -1.05. The molecule has 0 N–H and O–H groups in total. The van der Waals surface area contributed by atoms with Crippen molar-refractivity contribution in [3.05, 3.63) is 52.2 Å². The maximum atomic E-state index is 13.9. The van der Waals surface area contributed by atoms with Gasteiger partial charge in [-0.15, -0.1) is 11.3 Å². The van der Waals surface area contributed by atoms with Gasteiger partial charge in [-0.05, 0) is 23.9 Å². The quantitative estimate of drug-likeness (QED) is 0.831. The lowest BCUT2D eigenvalue weighted by Crippen LogP contribution is -2.41. The molecule has 2 aromatic heterocycles. The first-order valence-corrected chi connectivity index (χ1v) is 8.68. The number of aromatic nitrogens is 1. The number of carbonyl (C=O) groups is 1. The summed E-state index contributed by atoms with van der Waals surface area (Å²) in [4.78, 5) is 20.7. The van der Waals surface area contributed by atoms with Gasteiger partial charge in [-0.25, -0.2) is 8.78 Å². The molecule has 128 valence electrons. The van der Waals surface area contributed by atoms with Gasteiger partial charge in [0, 0.05) is 43.8 Å². The minimum Gasteiger partial charge on any atom is -0.340 e. The molecule has 2 atom stereocenters. The number of nitrogens with zero attached hydrogens (tertiary/aromatic N) is 3. The second-order valence-electron chi connectivity index (χ2n) is 6.04. The molecule has 2 aromatic rings. The van der Waals surface area contributed by atoms with Crippen molar-refractivity contribution in [3.8, 4) is 0 Å². The fourth-order valence-electron chi connectivity index (χ4n) is 3.06. The predicted molar refractivity (Wildman–Crippen MR) is 89.2 cm³/mol. The van der Waals surface area contributed by atoms with Gasteiger partial charge in [0.25, 0.3) is 5.91 Å². The minimum atomic E-state index is -0.892. The number of hydrogen-bond acceptors (Lipinski definition) is 4. The SMILES string of the molecule is CN(C[C@@H]1C[C@H](F)CN1Cc1cccs1)C(=O)c1ccncc1F. The number of halogens is 2. The Morgan fingerprint density at radius 1 is 1.50 bits per heavy atom. The van der Waals surface area contributed by atoms with E-state index in [1.807, 2.05) is 17.5 Å². The lowest BCUT2D eigenvalue weighted by Gasteiger charge is -2.28. The third-order valence-electron chi connectivity index (χ3n) is 4.25. The van der Waals surface area contributed by atoms with Gasteiger partial charge in [-0.1, -0.05) is 6.07 Å². The zero-order chi connectivity index (χ0) is 17.1. The van der Waals surface area contributed by atoms with E-state index in [0.29, 0.717) is 26.1 Å². The lowest BCUT2D eigenvalue weighted by atomic mass is 10.1. The molecule has 0 unspecified atom stereocenters. The highest BCUT2D eigenvalue weighted by Gasteiger charge is 2.34. The van der Waals surface area contributed by atoms with Gasteiger partial charge in [-0.3, -0.25) is 14.7 Å². The van der Waals surface area contributed by atoms with Crippen LogP contribution in [0.4, 0.5) is 8.78 Å². The molecule has 24 heavy (non-hydrogen) atoms. The van der Waals surface area contributed by atoms with E-state index in [1.54, 1.807) is 18.4 Å². The molecule has 3 heterocycles. The topological polar surface area (TPSA) is 36.4 Å². The molecule has 3 rings (SSSR count). The number of thiophene rings is 1. The Morgan fingerprint density at radius 3 is 3.04 bits per heavy atom. The first kappa shape index (κ1) is 17.0. The average Bonchev–Trinajstić information content (AvgIpc) is 3.17. The summed E-state index contributed by atoms with van der Waals surface area (Å²) >= 11 is 1.64. The van der Waals surface area contributed by atoms with Crippen LogP contribution >= 0.6 is 11.3 Å². The van der Waals surface area contributed by atoms with Crippen molar-refractivity contribution in [2.45, 2.75) is 25.2 Å². The number of carbonyl (C=O) groups excluding carboxylic acids is 1. The summed E-state index contributed by atoms with van der Waals surface area (Å²) in [6.45, 7) is 1.41. The van der Waals surface area contributed by atoms with E-state index in [-0.39, 0.29) is 11.6 Å². The van der Waals surface area contributed by atoms with E-state index in [4.69, 9.17) is 0 Å². The summed E-state index contributed by atoms with van der Waals surface area (Å²) in [7, 11) is 1.62. The fourth-order valence-corrected chi connectivity index (χ4v) is 3.79. The Kier molecular flexibility index (Phi) is 5.20. The number of alkyl halides is 1. The van der Waals surface area contributed by atoms with Gasteiger partial charge in [0.05, 0.1) is 11.8 Å². The molecule has 0 radical (unpaired) electrons. The van der Waals surface area contributed by atoms with Crippen molar-refractivity contribution in [1.82, 2.24) is 14.8 Å². The van der Waals surface area contributed by atoms with Crippen molar-refractivity contribution in [3.63, 3.8) is 0 Å². The van der Waals surface area contributed by atoms with Crippen molar-refractivity contribution < 1.29 is 13.6 Å². The van der Waals surface area contributed by atoms with Crippen LogP contribution in [0.3, 0.4) is 0 Å². The molecule has 0 saturated carbocycles. The Hall–Kier alpha value is -1.86. The van der Waals surface area contributed by atoms with E-state index in [2.05, 4.69) is 9.88 Å². The third kappa shape index (κ3) is 3.79. The molecular weight excluding hydrogens is 332 g/mol. The molecule has 0 spiro atoms. The highest BCUT2D eigenvalue weighted by molar-refractivity contribution is 7.09. The molecular formula is C17H19F2N3OS. The third-order valence-corrected chi connectivity index (χ3v) is 5.11. The summed E-state index contributed by atoms with van der Waals surface area (Å²) in [5, 5.41) is 2.00. The molecule has 1 fully saturated rings. The Bertz CT molecular complexity index is 695. The van der Waals surface area contributed by atoms with Gasteiger partial charge in [0.1, 0.15) is 6.17 Å². The van der Waals surface area contributed by atoms with E-state index >= 15 is 0 Å². The molecule has 4 nitrogen and oxygen atoms in total. The van der Waals surface area contributed by atoms with Crippen LogP contribution < -0.4 is 0 Å². The summed E-state index contributed by atoms with van der Waals surface area (Å²) in [6, 6.07) is 5.29. The first-order valence-electron chi connectivity index (χ1n) is 7.80. The standard InChI is InChI=1S/C17H19F2N3OS/c1-21(17(23)15-4-5-20-8-16(15)19)10-13-7-12(18)9-22(13)11-14-3-2-6-24-14/h2-6,8,12-13H,7,9-11H2,1H3/t12-,13-/m0/s1. The van der Waals surface area contributed by atoms with E-state index < -0.39 is 17.9 Å². The van der Waals surface area contributed by atoms with Crippen LogP contribution in [0.1, 0.15) is 21.7 Å². The smallest absolute Gasteiger partial charge is 0.256 e. The number of pyridine rings is 1. The van der Waals surface area contributed by atoms with Crippen LogP contribution in [0.15, 0.2) is 36.0 Å². The van der Waals surface area contributed by atoms with Crippen LogP contribution in [-0.2, 0) is 6.54 Å². The van der Waals surface area contributed by atoms with E-state index in [9.17, 15) is 13.6 Å². The zero-order valence-electron chi connectivity index (χ0n) is 13.4. The van der Waals surface area contributed by atoms with Gasteiger partial charge in [0.2, 0.25) is 0 Å². The van der Waals surface area contributed by atoms with Crippen molar-refractivity contribution in [1.29, 1.82) is 0 Å². The van der Waals surface area contributed by atoms with Gasteiger partial charge in [0.15, 0.2) is 5.82 Å². The van der Waals surface area contributed by atoms with E-state index in [0.717, 1.165) is 6.20 Å². The molecule has 1 aliphatic heterocycles. The van der Waals surface area contributed by atoms with Crippen molar-refractivity contribution in [2.75, 3.05) is 20.1 Å². The maximum Gasteiger partial charge on any atom is 0.256 e. The molecule has 1 saturated heterocycles. The highest BCUT2D eigenvalue weighted by Crippen LogP contribution is 2.25. The van der Waals surface area contributed by atoms with Crippen molar-refractivity contribution >= 4 is 17.2 Å². The average molecular weight is 351 g/mol. The number of rotatable bonds is 5. The fraction of sp³-hybridized carbons (Fsp3) is 0.412. The predicted octanol–water partition coefficient (Wildman–Crippen LogP) is 2.97. The number of likely N-dealkylation sites (N-methyl/N-ethyl adjacent to an activating group) is 1. The number of hydrogen-bond donors (Lipinski definition) is 0. The Morgan fingerprint density at radius 2 is 2.33 bits per heavy atom. The molecule has 1 amide bonds. The highest BCUT2D eigenvalue weighted by atomic mass is 32.1. The minimum absolute atomic E-state index is 0.00731. The van der Waals surface area contributed by atoms with Gasteiger partial charge in [-0.2, -0.15) is 0 Å². The molecule has 7 heteroatoms. The van der Waals surface area contributed by atoms with E-state index in [1.165, 1.54) is 22.0 Å². The van der Waals surface area contributed by atoms with Crippen LogP contribution in [0.25, 0.3) is 0 Å². The zero-order valence-corrected chi connectivity index (χ0v) is 14.2. The second-order valence-corrected chi connectivity index (χ2v) is 7.07. The molecule has 0 aromatic carbocycles. The molecule has 0 bridgehead atoms. The summed E-state index contributed by atoms with van der Waals surface area (Å²) in [6.07, 6.45) is 1.91. The second kappa shape index (κ2) is 7.36. The molecule has 0 aliphatic carbocycles. The van der Waals surface area contributed by atoms with Crippen LogP contribution in [-0.4, -0.2) is 53.0 Å². The van der Waals surface area contributed by atoms with Crippen LogP contribution in [0.5, 0.6) is 0 Å². The van der Waals surface area contributed by atoms with Gasteiger partial charge < -0.3 is 4.90 Å². The monoisotopic (exact) mass is 351 g/mol. The summed E-state index contributed by atoms with van der Waals surface area (Å²) < 4.78 is 27.6. The Labute approximate surface area is 143 Å². The largest absolute Gasteiger partial charge is 0.340 e.